The number of hydrogen-bond acceptors (Lipinski definition) is 7. The van der Waals surface area contributed by atoms with Gasteiger partial charge in [0.05, 0.1) is 48.9 Å². The molecule has 4 unspecified atom stereocenters. The molecule has 4 aromatic carbocycles. The third-order valence-electron chi connectivity index (χ3n) is 12.8. The number of hydrogen-bond donors (Lipinski definition) is 3. The van der Waals surface area contributed by atoms with E-state index in [1.54, 1.807) is 0 Å². The van der Waals surface area contributed by atoms with Gasteiger partial charge in [0.25, 0.3) is 0 Å². The molecule has 8 rings (SSSR count). The van der Waals surface area contributed by atoms with Crippen LogP contribution in [0.25, 0.3) is 44.4 Å². The molecule has 4 heterocycles. The van der Waals surface area contributed by atoms with Gasteiger partial charge >= 0.3 is 6.09 Å². The van der Waals surface area contributed by atoms with Crippen molar-refractivity contribution in [1.82, 2.24) is 40.0 Å². The summed E-state index contributed by atoms with van der Waals surface area (Å²) in [5, 5.41) is 4.93. The number of likely N-dealkylation sites (tertiary alicyclic amines) is 1. The zero-order valence-corrected chi connectivity index (χ0v) is 38.2. The van der Waals surface area contributed by atoms with E-state index in [0.29, 0.717) is 6.54 Å². The molecule has 330 valence electrons. The lowest BCUT2D eigenvalue weighted by Gasteiger charge is -2.34. The number of ether oxygens (including phenoxy) is 1. The van der Waals surface area contributed by atoms with E-state index in [-0.39, 0.29) is 35.9 Å². The second-order valence-corrected chi connectivity index (χ2v) is 21.7. The van der Waals surface area contributed by atoms with Crippen LogP contribution in [0.3, 0.4) is 0 Å². The number of nitrogens with zero attached hydrogens (tertiary/aromatic N) is 5. The number of fused-ring (bicyclic) bond motifs is 1. The maximum Gasteiger partial charge on any atom is 0.407 e. The van der Waals surface area contributed by atoms with Crippen molar-refractivity contribution in [2.75, 3.05) is 50.9 Å². The third kappa shape index (κ3) is 8.86. The lowest BCUT2D eigenvalue weighted by atomic mass is 9.93. The Bertz CT molecular complexity index is 2570. The highest BCUT2D eigenvalue weighted by Gasteiger charge is 2.43. The van der Waals surface area contributed by atoms with Crippen LogP contribution in [0.5, 0.6) is 0 Å². The van der Waals surface area contributed by atoms with Crippen LogP contribution in [0.1, 0.15) is 75.9 Å². The highest BCUT2D eigenvalue weighted by atomic mass is 32.3. The smallest absolute Gasteiger partial charge is 0.407 e. The van der Waals surface area contributed by atoms with E-state index in [1.807, 2.05) is 49.3 Å². The number of carbonyl (C=O) groups excluding carboxylic acids is 3. The first-order valence-electron chi connectivity index (χ1n) is 22.1. The van der Waals surface area contributed by atoms with Crippen molar-refractivity contribution < 1.29 is 19.1 Å². The number of likely N-dealkylation sites (N-methyl/N-ethyl adjacent to an activating group) is 1. The number of methoxy groups -OCH3 is 1. The Hall–Kier alpha value is -5.92. The maximum atomic E-state index is 14.6. The fourth-order valence-electron chi connectivity index (χ4n) is 9.47. The van der Waals surface area contributed by atoms with E-state index in [2.05, 4.69) is 124 Å². The summed E-state index contributed by atoms with van der Waals surface area (Å²) in [5.74, 6) is 3.11. The van der Waals surface area contributed by atoms with Gasteiger partial charge in [-0.1, -0.05) is 119 Å². The van der Waals surface area contributed by atoms with Gasteiger partial charge < -0.3 is 29.8 Å². The van der Waals surface area contributed by atoms with Crippen LogP contribution in [0, 0.1) is 5.92 Å². The van der Waals surface area contributed by atoms with Crippen LogP contribution in [0.2, 0.25) is 0 Å². The number of amides is 3. The Kier molecular flexibility index (Phi) is 12.8. The SMILES string of the molecule is CCN(CC)C(C(=O)N1CS(C)(C)CC1c1ncc(-c2ccc(-c3ccc(-c4cnc(C5CCCN5C(=O)C(NC(=O)OC)C(C)C)[nH]4)c4ccccc34)cc2)[nH]1)c1ccccc1. The molecule has 0 saturated carbocycles. The summed E-state index contributed by atoms with van der Waals surface area (Å²) in [6, 6.07) is 30.1. The number of aromatic amines is 2. The Morgan fingerprint density at radius 3 is 2.05 bits per heavy atom. The molecule has 0 bridgehead atoms. The highest BCUT2D eigenvalue weighted by Crippen LogP contribution is 2.53. The first-order chi connectivity index (χ1) is 30.4. The zero-order chi connectivity index (χ0) is 44.4. The molecule has 0 radical (unpaired) electrons. The summed E-state index contributed by atoms with van der Waals surface area (Å²) in [4.78, 5) is 63.5. The number of H-pyrrole nitrogens is 2. The molecular weight excluding hydrogens is 809 g/mol. The summed E-state index contributed by atoms with van der Waals surface area (Å²) in [6.07, 6.45) is 9.40. The molecule has 2 aliphatic heterocycles. The number of nitrogens with one attached hydrogen (secondary N) is 3. The van der Waals surface area contributed by atoms with E-state index in [0.717, 1.165) is 99.2 Å². The monoisotopic (exact) mass is 868 g/mol. The topological polar surface area (TPSA) is 140 Å². The Balaban J connectivity index is 1.02. The number of benzene rings is 4. The van der Waals surface area contributed by atoms with Crippen molar-refractivity contribution in [3.63, 3.8) is 0 Å². The van der Waals surface area contributed by atoms with Gasteiger partial charge in [0, 0.05) is 17.9 Å². The van der Waals surface area contributed by atoms with Crippen molar-refractivity contribution in [2.45, 2.75) is 64.7 Å². The molecule has 3 N–H and O–H groups in total. The Morgan fingerprint density at radius 2 is 1.38 bits per heavy atom. The minimum Gasteiger partial charge on any atom is -0.453 e. The van der Waals surface area contributed by atoms with Crippen molar-refractivity contribution in [3.8, 4) is 33.6 Å². The first-order valence-corrected chi connectivity index (χ1v) is 24.9. The van der Waals surface area contributed by atoms with Gasteiger partial charge in [0.2, 0.25) is 11.8 Å². The molecule has 63 heavy (non-hydrogen) atoms. The van der Waals surface area contributed by atoms with E-state index < -0.39 is 22.2 Å². The molecule has 13 heteroatoms. The molecule has 0 spiro atoms. The van der Waals surface area contributed by atoms with Crippen molar-refractivity contribution in [3.05, 3.63) is 121 Å². The molecule has 2 aliphatic rings. The molecule has 12 nitrogen and oxygen atoms in total. The van der Waals surface area contributed by atoms with E-state index in [4.69, 9.17) is 14.7 Å². The van der Waals surface area contributed by atoms with Gasteiger partial charge in [-0.25, -0.2) is 24.8 Å². The quantitative estimate of drug-likeness (QED) is 0.105. The lowest BCUT2D eigenvalue weighted by molar-refractivity contribution is -0.138. The first kappa shape index (κ1) is 43.7. The summed E-state index contributed by atoms with van der Waals surface area (Å²) in [5.41, 5.74) is 7.07. The minimum atomic E-state index is -1.05. The van der Waals surface area contributed by atoms with Gasteiger partial charge in [-0.2, -0.15) is 0 Å². The number of rotatable bonds is 13. The maximum absolute atomic E-state index is 14.6. The highest BCUT2D eigenvalue weighted by molar-refractivity contribution is 8.32. The Labute approximate surface area is 372 Å². The summed E-state index contributed by atoms with van der Waals surface area (Å²) in [7, 11) is 0.252. The standard InChI is InChI=1S/C50H60N8O4S/c1-8-56(9-2)45(35-16-11-10-12-17-35)49(60)58-31-63(6,7)30-43(58)47-51-28-40(53-47)34-23-21-33(22-24-34)36-25-26-39(38-19-14-13-18-37(36)38)41-29-52-46(54-41)42-20-15-27-57(42)48(59)44(32(3)4)55-50(61)62-5/h10-14,16-19,21-26,28-29,32,42-45H,8-9,15,20,27,30-31H2,1-7H3,(H,51,53)(H,52,54)(H,55,61). The van der Waals surface area contributed by atoms with E-state index in [1.165, 1.54) is 7.11 Å². The van der Waals surface area contributed by atoms with Crippen LogP contribution in [-0.2, 0) is 14.3 Å². The Morgan fingerprint density at radius 1 is 0.778 bits per heavy atom. The van der Waals surface area contributed by atoms with Crippen molar-refractivity contribution in [1.29, 1.82) is 0 Å². The third-order valence-corrected chi connectivity index (χ3v) is 14.9. The van der Waals surface area contributed by atoms with Crippen LogP contribution >= 0.6 is 10.0 Å². The summed E-state index contributed by atoms with van der Waals surface area (Å²) >= 11 is 0. The van der Waals surface area contributed by atoms with E-state index in [9.17, 15) is 14.4 Å². The predicted octanol–water partition coefficient (Wildman–Crippen LogP) is 9.32. The second kappa shape index (κ2) is 18.4. The lowest BCUT2D eigenvalue weighted by Crippen LogP contribution is -2.51. The predicted molar refractivity (Wildman–Crippen MR) is 253 cm³/mol. The fraction of sp³-hybridized carbons (Fsp3) is 0.380. The van der Waals surface area contributed by atoms with Crippen LogP contribution in [0.15, 0.2) is 103 Å². The van der Waals surface area contributed by atoms with Crippen LogP contribution < -0.4 is 5.32 Å². The fourth-order valence-corrected chi connectivity index (χ4v) is 11.8. The molecule has 0 aliphatic carbocycles. The number of carbonyl (C=O) groups is 3. The number of imidazole rings is 2. The summed E-state index contributed by atoms with van der Waals surface area (Å²) in [6.45, 7) is 10.2. The van der Waals surface area contributed by atoms with Gasteiger partial charge in [-0.3, -0.25) is 14.5 Å². The number of alkyl carbamates (subject to hydrolysis) is 1. The van der Waals surface area contributed by atoms with Gasteiger partial charge in [0.1, 0.15) is 23.7 Å². The zero-order valence-electron chi connectivity index (χ0n) is 37.4. The second-order valence-electron chi connectivity index (χ2n) is 17.6. The van der Waals surface area contributed by atoms with Gasteiger partial charge in [-0.15, -0.1) is 0 Å². The average Bonchev–Trinajstić information content (AvgIpc) is 4.14. The average molecular weight is 869 g/mol. The van der Waals surface area contributed by atoms with Gasteiger partial charge in [0.15, 0.2) is 0 Å². The minimum absolute atomic E-state index is 0.110. The molecule has 6 aromatic rings. The van der Waals surface area contributed by atoms with Crippen molar-refractivity contribution >= 4 is 38.7 Å². The van der Waals surface area contributed by atoms with Crippen LogP contribution in [0.4, 0.5) is 4.79 Å². The normalized spacial score (nSPS) is 18.8. The summed E-state index contributed by atoms with van der Waals surface area (Å²) < 4.78 is 4.81. The van der Waals surface area contributed by atoms with Crippen molar-refractivity contribution in [2.24, 2.45) is 5.92 Å². The molecule has 2 fully saturated rings. The van der Waals surface area contributed by atoms with Gasteiger partial charge in [-0.05, 0) is 77.4 Å². The molecule has 2 saturated heterocycles. The van der Waals surface area contributed by atoms with Crippen LogP contribution in [-0.4, -0.2) is 109 Å². The number of aromatic nitrogens is 4. The molecule has 2 aromatic heterocycles. The molecular formula is C50H60N8O4S. The largest absolute Gasteiger partial charge is 0.453 e. The van der Waals surface area contributed by atoms with E-state index >= 15 is 0 Å². The molecule has 4 atom stereocenters. The molecule has 3 amide bonds.